The molecule has 0 bridgehead atoms. The fourth-order valence-corrected chi connectivity index (χ4v) is 2.94. The van der Waals surface area contributed by atoms with Gasteiger partial charge in [0.05, 0.1) is 24.1 Å². The molecule has 0 aliphatic carbocycles. The summed E-state index contributed by atoms with van der Waals surface area (Å²) in [6.45, 7) is 0.522. The zero-order valence-corrected chi connectivity index (χ0v) is 15.1. The molecule has 0 radical (unpaired) electrons. The van der Waals surface area contributed by atoms with Crippen molar-refractivity contribution in [3.8, 4) is 11.1 Å². The van der Waals surface area contributed by atoms with Gasteiger partial charge in [0, 0.05) is 0 Å². The van der Waals surface area contributed by atoms with Gasteiger partial charge in [0.25, 0.3) is 5.91 Å². The Morgan fingerprint density at radius 3 is 2.50 bits per heavy atom. The average Bonchev–Trinajstić information content (AvgIpc) is 3.19. The number of benzene rings is 3. The fraction of sp³-hybridized carbons (Fsp3) is 0.0455. The molecule has 6 nitrogen and oxygen atoms in total. The maximum atomic E-state index is 12.4. The van der Waals surface area contributed by atoms with Gasteiger partial charge in [-0.15, -0.1) is 5.10 Å². The number of carbonyl (C=O) groups excluding carboxylic acids is 1. The molecule has 4 rings (SSSR count). The van der Waals surface area contributed by atoms with E-state index in [1.165, 1.54) is 0 Å². The van der Waals surface area contributed by atoms with Crippen molar-refractivity contribution in [3.05, 3.63) is 96.3 Å². The highest BCUT2D eigenvalue weighted by molar-refractivity contribution is 6.04. The van der Waals surface area contributed by atoms with Crippen LogP contribution in [-0.2, 0) is 6.54 Å². The van der Waals surface area contributed by atoms with Gasteiger partial charge in [0.1, 0.15) is 0 Å². The summed E-state index contributed by atoms with van der Waals surface area (Å²) in [5, 5.41) is 10.8. The largest absolute Gasteiger partial charge is 0.397 e. The molecular formula is C22H19N5O. The fourth-order valence-electron chi connectivity index (χ4n) is 2.94. The Hall–Kier alpha value is -3.93. The first-order chi connectivity index (χ1) is 13.7. The predicted octanol–water partition coefficient (Wildman–Crippen LogP) is 3.83. The van der Waals surface area contributed by atoms with Crippen molar-refractivity contribution in [2.75, 3.05) is 11.1 Å². The van der Waals surface area contributed by atoms with Gasteiger partial charge >= 0.3 is 0 Å². The number of anilines is 2. The van der Waals surface area contributed by atoms with Gasteiger partial charge in [-0.2, -0.15) is 0 Å². The van der Waals surface area contributed by atoms with Crippen LogP contribution in [0.25, 0.3) is 11.1 Å². The van der Waals surface area contributed by atoms with E-state index >= 15 is 0 Å². The van der Waals surface area contributed by atoms with Gasteiger partial charge in [-0.25, -0.2) is 4.68 Å². The summed E-state index contributed by atoms with van der Waals surface area (Å²) in [6, 6.07) is 25.5. The van der Waals surface area contributed by atoms with Crippen LogP contribution in [0.2, 0.25) is 0 Å². The van der Waals surface area contributed by atoms with Crippen molar-refractivity contribution >= 4 is 17.3 Å². The van der Waals surface area contributed by atoms with E-state index in [-0.39, 0.29) is 11.6 Å². The van der Waals surface area contributed by atoms with Crippen molar-refractivity contribution in [3.63, 3.8) is 0 Å². The topological polar surface area (TPSA) is 85.8 Å². The molecule has 6 heteroatoms. The van der Waals surface area contributed by atoms with Crippen LogP contribution in [0.1, 0.15) is 16.1 Å². The van der Waals surface area contributed by atoms with Crippen molar-refractivity contribution < 1.29 is 4.79 Å². The van der Waals surface area contributed by atoms with E-state index in [4.69, 9.17) is 5.73 Å². The minimum absolute atomic E-state index is 0.238. The second-order valence-electron chi connectivity index (χ2n) is 6.41. The molecule has 28 heavy (non-hydrogen) atoms. The third kappa shape index (κ3) is 3.91. The number of nitrogen functional groups attached to an aromatic ring is 1. The quantitative estimate of drug-likeness (QED) is 0.524. The normalized spacial score (nSPS) is 10.6. The summed E-state index contributed by atoms with van der Waals surface area (Å²) < 4.78 is 1.65. The lowest BCUT2D eigenvalue weighted by atomic mass is 10.0. The second-order valence-corrected chi connectivity index (χ2v) is 6.41. The molecule has 0 unspecified atom stereocenters. The molecule has 0 spiro atoms. The molecule has 0 saturated carbocycles. The number of carbonyl (C=O) groups is 1. The van der Waals surface area contributed by atoms with Crippen LogP contribution in [0.15, 0.2) is 85.1 Å². The van der Waals surface area contributed by atoms with E-state index in [1.807, 2.05) is 42.5 Å². The van der Waals surface area contributed by atoms with Crippen LogP contribution in [0.5, 0.6) is 0 Å². The molecule has 1 aromatic heterocycles. The number of nitrogens with zero attached hydrogens (tertiary/aromatic N) is 3. The number of aromatic nitrogens is 3. The van der Waals surface area contributed by atoms with Gasteiger partial charge in [-0.3, -0.25) is 4.79 Å². The Morgan fingerprint density at radius 2 is 1.68 bits per heavy atom. The molecule has 1 amide bonds. The van der Waals surface area contributed by atoms with Gasteiger partial charge < -0.3 is 11.1 Å². The first kappa shape index (κ1) is 17.5. The SMILES string of the molecule is Nc1ccccc1NC(=O)c1cn(Cc2cccc(-c3ccccc3)c2)nn1. The summed E-state index contributed by atoms with van der Waals surface area (Å²) in [4.78, 5) is 12.4. The highest BCUT2D eigenvalue weighted by Gasteiger charge is 2.12. The van der Waals surface area contributed by atoms with Crippen LogP contribution in [0, 0.1) is 0 Å². The molecule has 0 fully saturated rings. The van der Waals surface area contributed by atoms with E-state index in [9.17, 15) is 4.79 Å². The van der Waals surface area contributed by atoms with E-state index in [1.54, 1.807) is 23.0 Å². The van der Waals surface area contributed by atoms with Crippen molar-refractivity contribution in [1.29, 1.82) is 0 Å². The minimum atomic E-state index is -0.345. The lowest BCUT2D eigenvalue weighted by Crippen LogP contribution is -2.13. The number of para-hydroxylation sites is 2. The average molecular weight is 369 g/mol. The maximum Gasteiger partial charge on any atom is 0.277 e. The van der Waals surface area contributed by atoms with Crippen LogP contribution in [0.4, 0.5) is 11.4 Å². The third-order valence-electron chi connectivity index (χ3n) is 4.36. The van der Waals surface area contributed by atoms with Crippen LogP contribution < -0.4 is 11.1 Å². The zero-order chi connectivity index (χ0) is 19.3. The Labute approximate surface area is 162 Å². The first-order valence-electron chi connectivity index (χ1n) is 8.89. The summed E-state index contributed by atoms with van der Waals surface area (Å²) in [5.41, 5.74) is 10.5. The predicted molar refractivity (Wildman–Crippen MR) is 110 cm³/mol. The summed E-state index contributed by atoms with van der Waals surface area (Å²) >= 11 is 0. The van der Waals surface area contributed by atoms with E-state index in [0.29, 0.717) is 17.9 Å². The maximum absolute atomic E-state index is 12.4. The molecule has 0 atom stereocenters. The van der Waals surface area contributed by atoms with Gasteiger partial charge in [-0.05, 0) is 34.9 Å². The van der Waals surface area contributed by atoms with E-state index < -0.39 is 0 Å². The molecule has 0 saturated heterocycles. The Kier molecular flexibility index (Phi) is 4.84. The Balaban J connectivity index is 1.48. The molecule has 3 aromatic carbocycles. The summed E-state index contributed by atoms with van der Waals surface area (Å²) in [5.74, 6) is -0.345. The zero-order valence-electron chi connectivity index (χ0n) is 15.1. The standard InChI is InChI=1S/C22H19N5O/c23-19-11-4-5-12-20(19)24-22(28)21-15-27(26-25-21)14-16-7-6-10-18(13-16)17-8-2-1-3-9-17/h1-13,15H,14,23H2,(H,24,28). The lowest BCUT2D eigenvalue weighted by molar-refractivity contribution is 0.102. The molecular weight excluding hydrogens is 350 g/mol. The molecule has 138 valence electrons. The van der Waals surface area contributed by atoms with Crippen molar-refractivity contribution in [2.45, 2.75) is 6.54 Å². The van der Waals surface area contributed by atoms with Gasteiger partial charge in [0.2, 0.25) is 0 Å². The Bertz CT molecular complexity index is 1100. The monoisotopic (exact) mass is 369 g/mol. The molecule has 0 aliphatic heterocycles. The van der Waals surface area contributed by atoms with Crippen molar-refractivity contribution in [2.24, 2.45) is 0 Å². The highest BCUT2D eigenvalue weighted by atomic mass is 16.2. The number of nitrogens with two attached hydrogens (primary N) is 1. The van der Waals surface area contributed by atoms with Crippen LogP contribution >= 0.6 is 0 Å². The smallest absolute Gasteiger partial charge is 0.277 e. The molecule has 1 heterocycles. The number of nitrogens with one attached hydrogen (secondary N) is 1. The molecule has 3 N–H and O–H groups in total. The van der Waals surface area contributed by atoms with E-state index in [0.717, 1.165) is 16.7 Å². The highest BCUT2D eigenvalue weighted by Crippen LogP contribution is 2.20. The number of rotatable bonds is 5. The van der Waals surface area contributed by atoms with Crippen LogP contribution in [0.3, 0.4) is 0 Å². The molecule has 0 aliphatic rings. The van der Waals surface area contributed by atoms with Gasteiger partial charge in [-0.1, -0.05) is 65.9 Å². The van der Waals surface area contributed by atoms with E-state index in [2.05, 4.69) is 39.9 Å². The number of hydrogen-bond acceptors (Lipinski definition) is 4. The minimum Gasteiger partial charge on any atom is -0.397 e. The first-order valence-corrected chi connectivity index (χ1v) is 8.89. The second kappa shape index (κ2) is 7.75. The van der Waals surface area contributed by atoms with Crippen molar-refractivity contribution in [1.82, 2.24) is 15.0 Å². The third-order valence-corrected chi connectivity index (χ3v) is 4.36. The summed E-state index contributed by atoms with van der Waals surface area (Å²) in [6.07, 6.45) is 1.63. The number of amides is 1. The Morgan fingerprint density at radius 1 is 0.929 bits per heavy atom. The number of hydrogen-bond donors (Lipinski definition) is 2. The summed E-state index contributed by atoms with van der Waals surface area (Å²) in [7, 11) is 0. The van der Waals surface area contributed by atoms with Gasteiger partial charge in [0.15, 0.2) is 5.69 Å². The van der Waals surface area contributed by atoms with Crippen LogP contribution in [-0.4, -0.2) is 20.9 Å². The lowest BCUT2D eigenvalue weighted by Gasteiger charge is -2.06. The molecule has 4 aromatic rings.